The van der Waals surface area contributed by atoms with Crippen LogP contribution in [-0.4, -0.2) is 41.9 Å². The van der Waals surface area contributed by atoms with Gasteiger partial charge >= 0.3 is 12.0 Å². The van der Waals surface area contributed by atoms with Crippen molar-refractivity contribution in [3.8, 4) is 0 Å². The molecule has 1 aliphatic heterocycles. The molecule has 2 amide bonds. The average Bonchev–Trinajstić information content (AvgIpc) is 2.28. The van der Waals surface area contributed by atoms with Gasteiger partial charge in [0.2, 0.25) is 0 Å². The second kappa shape index (κ2) is 6.58. The molecule has 1 aliphatic rings. The van der Waals surface area contributed by atoms with Crippen LogP contribution < -0.4 is 10.6 Å². The van der Waals surface area contributed by atoms with Crippen LogP contribution in [0, 0.1) is 0 Å². The van der Waals surface area contributed by atoms with E-state index < -0.39 is 18.0 Å². The third-order valence-corrected chi connectivity index (χ3v) is 3.19. The minimum absolute atomic E-state index is 0.308. The summed E-state index contributed by atoms with van der Waals surface area (Å²) in [5.74, 6) is -0.996. The Morgan fingerprint density at radius 3 is 2.50 bits per heavy atom. The Labute approximate surface area is 107 Å². The first kappa shape index (κ1) is 14.8. The summed E-state index contributed by atoms with van der Waals surface area (Å²) in [5.41, 5.74) is -0.308. The normalized spacial score (nSPS) is 19.9. The van der Waals surface area contributed by atoms with Crippen LogP contribution in [0.3, 0.4) is 0 Å². The highest BCUT2D eigenvalue weighted by Crippen LogP contribution is 2.19. The van der Waals surface area contributed by atoms with Crippen molar-refractivity contribution < 1.29 is 19.4 Å². The van der Waals surface area contributed by atoms with Crippen LogP contribution in [0.4, 0.5) is 4.79 Å². The van der Waals surface area contributed by atoms with E-state index in [0.29, 0.717) is 26.1 Å². The van der Waals surface area contributed by atoms with E-state index in [1.165, 1.54) is 0 Å². The molecular formula is C12H22N2O4. The Morgan fingerprint density at radius 1 is 1.39 bits per heavy atom. The van der Waals surface area contributed by atoms with Gasteiger partial charge in [0.15, 0.2) is 0 Å². The van der Waals surface area contributed by atoms with Crippen LogP contribution in [0.2, 0.25) is 0 Å². The van der Waals surface area contributed by atoms with E-state index in [0.717, 1.165) is 12.8 Å². The molecule has 6 nitrogen and oxygen atoms in total. The highest BCUT2D eigenvalue weighted by atomic mass is 16.5. The van der Waals surface area contributed by atoms with Gasteiger partial charge in [-0.25, -0.2) is 9.59 Å². The molecule has 0 spiro atoms. The van der Waals surface area contributed by atoms with Gasteiger partial charge in [0.05, 0.1) is 0 Å². The molecule has 0 aromatic carbocycles. The maximum Gasteiger partial charge on any atom is 0.326 e. The fraction of sp³-hybridized carbons (Fsp3) is 0.833. The molecule has 6 heteroatoms. The summed E-state index contributed by atoms with van der Waals surface area (Å²) in [6.45, 7) is 5.07. The Bertz CT molecular complexity index is 300. The van der Waals surface area contributed by atoms with Crippen molar-refractivity contribution in [3.05, 3.63) is 0 Å². The highest BCUT2D eigenvalue weighted by Gasteiger charge is 2.30. The van der Waals surface area contributed by atoms with Crippen LogP contribution >= 0.6 is 0 Å². The Kier molecular flexibility index (Phi) is 5.40. The number of nitrogens with one attached hydrogen (secondary N) is 2. The second-order valence-corrected chi connectivity index (χ2v) is 4.95. The van der Waals surface area contributed by atoms with Gasteiger partial charge in [0, 0.05) is 18.8 Å². The molecule has 1 fully saturated rings. The third-order valence-electron chi connectivity index (χ3n) is 3.19. The number of hydrogen-bond acceptors (Lipinski definition) is 3. The minimum Gasteiger partial charge on any atom is -0.480 e. The van der Waals surface area contributed by atoms with E-state index in [4.69, 9.17) is 9.84 Å². The standard InChI is InChI=1S/C12H22N2O4/c1-3-4-9(10(15)16)13-11(17)14-12(2)5-7-18-8-6-12/h9H,3-8H2,1-2H3,(H,15,16)(H2,13,14,17)/t9-/m1/s1. The predicted octanol–water partition coefficient (Wildman–Crippen LogP) is 1.11. The first-order valence-corrected chi connectivity index (χ1v) is 6.36. The van der Waals surface area contributed by atoms with Gasteiger partial charge < -0.3 is 20.5 Å². The topological polar surface area (TPSA) is 87.7 Å². The van der Waals surface area contributed by atoms with Crippen molar-refractivity contribution in [2.75, 3.05) is 13.2 Å². The van der Waals surface area contributed by atoms with Gasteiger partial charge in [0.1, 0.15) is 6.04 Å². The lowest BCUT2D eigenvalue weighted by molar-refractivity contribution is -0.139. The van der Waals surface area contributed by atoms with Gasteiger partial charge in [0.25, 0.3) is 0 Å². The van der Waals surface area contributed by atoms with E-state index >= 15 is 0 Å². The van der Waals surface area contributed by atoms with E-state index in [1.54, 1.807) is 0 Å². The van der Waals surface area contributed by atoms with Crippen molar-refractivity contribution in [2.45, 2.75) is 51.1 Å². The Balaban J connectivity index is 2.46. The molecular weight excluding hydrogens is 236 g/mol. The van der Waals surface area contributed by atoms with E-state index in [2.05, 4.69) is 10.6 Å². The number of amides is 2. The van der Waals surface area contributed by atoms with Crippen LogP contribution in [0.25, 0.3) is 0 Å². The number of urea groups is 1. The van der Waals surface area contributed by atoms with Crippen LogP contribution in [0.5, 0.6) is 0 Å². The van der Waals surface area contributed by atoms with Crippen LogP contribution in [-0.2, 0) is 9.53 Å². The lowest BCUT2D eigenvalue weighted by Crippen LogP contribution is -2.55. The van der Waals surface area contributed by atoms with Crippen LogP contribution in [0.15, 0.2) is 0 Å². The summed E-state index contributed by atoms with van der Waals surface area (Å²) in [5, 5.41) is 14.3. The molecule has 1 rings (SSSR count). The summed E-state index contributed by atoms with van der Waals surface area (Å²) in [4.78, 5) is 22.7. The molecule has 0 radical (unpaired) electrons. The van der Waals surface area contributed by atoms with Crippen molar-refractivity contribution in [2.24, 2.45) is 0 Å². The molecule has 0 unspecified atom stereocenters. The predicted molar refractivity (Wildman–Crippen MR) is 66.5 cm³/mol. The molecule has 1 saturated heterocycles. The fourth-order valence-electron chi connectivity index (χ4n) is 1.96. The lowest BCUT2D eigenvalue weighted by Gasteiger charge is -2.34. The van der Waals surface area contributed by atoms with E-state index in [1.807, 2.05) is 13.8 Å². The molecule has 1 atom stereocenters. The van der Waals surface area contributed by atoms with Crippen molar-refractivity contribution in [3.63, 3.8) is 0 Å². The summed E-state index contributed by atoms with van der Waals surface area (Å²) in [6.07, 6.45) is 2.63. The number of aliphatic carboxylic acids is 1. The van der Waals surface area contributed by atoms with Crippen LogP contribution in [0.1, 0.15) is 39.5 Å². The minimum atomic E-state index is -0.996. The summed E-state index contributed by atoms with van der Waals surface area (Å²) < 4.78 is 5.24. The molecule has 1 heterocycles. The van der Waals surface area contributed by atoms with Crippen molar-refractivity contribution >= 4 is 12.0 Å². The first-order chi connectivity index (χ1) is 8.47. The third kappa shape index (κ3) is 4.52. The SMILES string of the molecule is CCC[C@@H](NC(=O)NC1(C)CCOCC1)C(=O)O. The lowest BCUT2D eigenvalue weighted by atomic mass is 9.93. The monoisotopic (exact) mass is 258 g/mol. The number of carboxylic acids is 1. The van der Waals surface area contributed by atoms with Gasteiger partial charge in [-0.2, -0.15) is 0 Å². The summed E-state index contributed by atoms with van der Waals surface area (Å²) >= 11 is 0. The first-order valence-electron chi connectivity index (χ1n) is 6.36. The maximum atomic E-state index is 11.8. The smallest absolute Gasteiger partial charge is 0.326 e. The van der Waals surface area contributed by atoms with Crippen molar-refractivity contribution in [1.82, 2.24) is 10.6 Å². The zero-order valence-corrected chi connectivity index (χ0v) is 11.0. The number of rotatable bonds is 5. The quantitative estimate of drug-likeness (QED) is 0.689. The molecule has 0 aliphatic carbocycles. The van der Waals surface area contributed by atoms with Gasteiger partial charge in [-0.3, -0.25) is 0 Å². The molecule has 0 aromatic heterocycles. The number of hydrogen-bond donors (Lipinski definition) is 3. The van der Waals surface area contributed by atoms with Gasteiger partial charge in [-0.05, 0) is 26.2 Å². The number of ether oxygens (including phenoxy) is 1. The second-order valence-electron chi connectivity index (χ2n) is 4.95. The van der Waals surface area contributed by atoms with E-state index in [-0.39, 0.29) is 5.54 Å². The van der Waals surface area contributed by atoms with Crippen molar-refractivity contribution in [1.29, 1.82) is 0 Å². The summed E-state index contributed by atoms with van der Waals surface area (Å²) in [6, 6.07) is -1.24. The maximum absolute atomic E-state index is 11.8. The largest absolute Gasteiger partial charge is 0.480 e. The fourth-order valence-corrected chi connectivity index (χ4v) is 1.96. The Hall–Kier alpha value is -1.30. The van der Waals surface area contributed by atoms with Gasteiger partial charge in [-0.15, -0.1) is 0 Å². The molecule has 18 heavy (non-hydrogen) atoms. The average molecular weight is 258 g/mol. The van der Waals surface area contributed by atoms with Gasteiger partial charge in [-0.1, -0.05) is 13.3 Å². The molecule has 0 bridgehead atoms. The summed E-state index contributed by atoms with van der Waals surface area (Å²) in [7, 11) is 0. The molecule has 0 aromatic rings. The number of carboxylic acid groups (broad SMARTS) is 1. The molecule has 104 valence electrons. The number of carbonyl (C=O) groups is 2. The number of carbonyl (C=O) groups excluding carboxylic acids is 1. The van der Waals surface area contributed by atoms with E-state index in [9.17, 15) is 9.59 Å². The molecule has 0 saturated carbocycles. The zero-order valence-electron chi connectivity index (χ0n) is 11.0. The zero-order chi connectivity index (χ0) is 13.6. The Morgan fingerprint density at radius 2 is 2.00 bits per heavy atom. The molecule has 3 N–H and O–H groups in total. The highest BCUT2D eigenvalue weighted by molar-refractivity contribution is 5.82.